The Hall–Kier alpha value is -1.80. The molecule has 2 aromatic rings. The second kappa shape index (κ2) is 8.60. The Balaban J connectivity index is 2.21. The van der Waals surface area contributed by atoms with Gasteiger partial charge in [-0.15, -0.1) is 0 Å². The van der Waals surface area contributed by atoms with Gasteiger partial charge in [0.2, 0.25) is 0 Å². The van der Waals surface area contributed by atoms with Crippen LogP contribution in [0.4, 0.5) is 0 Å². The van der Waals surface area contributed by atoms with Crippen LogP contribution in [0.15, 0.2) is 48.5 Å². The van der Waals surface area contributed by atoms with Gasteiger partial charge in [0, 0.05) is 5.56 Å². The minimum Gasteiger partial charge on any atom is -0.493 e. The minimum atomic E-state index is 0.764. The van der Waals surface area contributed by atoms with Crippen LogP contribution in [-0.4, -0.2) is 32.1 Å². The number of nitrogens with zero attached hydrogens (tertiary/aromatic N) is 1. The fourth-order valence-corrected chi connectivity index (χ4v) is 2.51. The molecular weight excluding hydrogens is 270 g/mol. The summed E-state index contributed by atoms with van der Waals surface area (Å²) in [4.78, 5) is 2.23. The second-order valence-electron chi connectivity index (χ2n) is 5.95. The Morgan fingerprint density at radius 3 is 2.45 bits per heavy atom. The van der Waals surface area contributed by atoms with Crippen LogP contribution in [0, 0.1) is 0 Å². The summed E-state index contributed by atoms with van der Waals surface area (Å²) >= 11 is 0. The number of benzene rings is 2. The molecule has 0 heterocycles. The van der Waals surface area contributed by atoms with Crippen LogP contribution in [0.1, 0.15) is 25.3 Å². The Labute approximate surface area is 134 Å². The van der Waals surface area contributed by atoms with Gasteiger partial charge in [0.1, 0.15) is 5.75 Å². The third kappa shape index (κ3) is 4.88. The van der Waals surface area contributed by atoms with Crippen LogP contribution >= 0.6 is 0 Å². The van der Waals surface area contributed by atoms with Crippen molar-refractivity contribution in [1.82, 2.24) is 4.90 Å². The van der Waals surface area contributed by atoms with Crippen LogP contribution < -0.4 is 4.74 Å². The van der Waals surface area contributed by atoms with Gasteiger partial charge in [0.05, 0.1) is 6.61 Å². The lowest BCUT2D eigenvalue weighted by atomic mass is 10.00. The Morgan fingerprint density at radius 2 is 1.77 bits per heavy atom. The van der Waals surface area contributed by atoms with Crippen molar-refractivity contribution in [2.24, 2.45) is 0 Å². The summed E-state index contributed by atoms with van der Waals surface area (Å²) in [7, 11) is 4.24. The molecule has 0 aliphatic heterocycles. The topological polar surface area (TPSA) is 12.5 Å². The van der Waals surface area contributed by atoms with E-state index >= 15 is 0 Å². The van der Waals surface area contributed by atoms with E-state index in [1.165, 1.54) is 23.1 Å². The highest BCUT2D eigenvalue weighted by molar-refractivity contribution is 5.71. The maximum absolute atomic E-state index is 5.93. The van der Waals surface area contributed by atoms with E-state index in [4.69, 9.17) is 4.74 Å². The summed E-state index contributed by atoms with van der Waals surface area (Å²) in [6, 6.07) is 17.1. The van der Waals surface area contributed by atoms with Crippen LogP contribution in [-0.2, 0) is 6.42 Å². The van der Waals surface area contributed by atoms with E-state index < -0.39 is 0 Å². The zero-order valence-electron chi connectivity index (χ0n) is 14.0. The van der Waals surface area contributed by atoms with E-state index in [9.17, 15) is 0 Å². The van der Waals surface area contributed by atoms with Gasteiger partial charge in [-0.05, 0) is 63.2 Å². The predicted molar refractivity (Wildman–Crippen MR) is 94.5 cm³/mol. The standard InChI is InChI=1S/C20H27NO/c1-4-15-22-20-13-12-17(9-8-14-21(2)3)16-19(20)18-10-6-5-7-11-18/h5-7,10-13,16H,4,8-9,14-15H2,1-3H3. The molecule has 0 aromatic heterocycles. The average Bonchev–Trinajstić information content (AvgIpc) is 2.54. The largest absolute Gasteiger partial charge is 0.493 e. The molecule has 0 bridgehead atoms. The maximum Gasteiger partial charge on any atom is 0.127 e. The number of hydrogen-bond donors (Lipinski definition) is 0. The van der Waals surface area contributed by atoms with Gasteiger partial charge in [-0.25, -0.2) is 0 Å². The number of ether oxygens (including phenoxy) is 1. The summed E-state index contributed by atoms with van der Waals surface area (Å²) in [6.45, 7) is 4.02. The SMILES string of the molecule is CCCOc1ccc(CCCN(C)C)cc1-c1ccccc1. The highest BCUT2D eigenvalue weighted by Crippen LogP contribution is 2.31. The third-order valence-corrected chi connectivity index (χ3v) is 3.66. The maximum atomic E-state index is 5.93. The molecule has 0 fully saturated rings. The van der Waals surface area contributed by atoms with Gasteiger partial charge in [0.15, 0.2) is 0 Å². The van der Waals surface area contributed by atoms with Crippen molar-refractivity contribution < 1.29 is 4.74 Å². The highest BCUT2D eigenvalue weighted by atomic mass is 16.5. The van der Waals surface area contributed by atoms with Gasteiger partial charge < -0.3 is 9.64 Å². The molecule has 0 aliphatic carbocycles. The number of aryl methyl sites for hydroxylation is 1. The third-order valence-electron chi connectivity index (χ3n) is 3.66. The van der Waals surface area contributed by atoms with E-state index in [2.05, 4.69) is 74.4 Å². The van der Waals surface area contributed by atoms with E-state index in [0.29, 0.717) is 0 Å². The van der Waals surface area contributed by atoms with Crippen LogP contribution in [0.25, 0.3) is 11.1 Å². The molecule has 2 aromatic carbocycles. The zero-order chi connectivity index (χ0) is 15.8. The lowest BCUT2D eigenvalue weighted by molar-refractivity contribution is 0.318. The van der Waals surface area contributed by atoms with E-state index in [0.717, 1.165) is 31.7 Å². The Bertz CT molecular complexity index is 563. The fourth-order valence-electron chi connectivity index (χ4n) is 2.51. The molecule has 0 amide bonds. The van der Waals surface area contributed by atoms with E-state index in [1.54, 1.807) is 0 Å². The summed E-state index contributed by atoms with van der Waals surface area (Å²) in [5.74, 6) is 0.990. The first kappa shape index (κ1) is 16.6. The summed E-state index contributed by atoms with van der Waals surface area (Å²) < 4.78 is 5.93. The van der Waals surface area contributed by atoms with Crippen LogP contribution in [0.2, 0.25) is 0 Å². The molecule has 0 N–H and O–H groups in total. The lowest BCUT2D eigenvalue weighted by Crippen LogP contribution is -2.13. The molecule has 118 valence electrons. The molecule has 2 heteroatoms. The van der Waals surface area contributed by atoms with Crippen molar-refractivity contribution in [1.29, 1.82) is 0 Å². The molecule has 22 heavy (non-hydrogen) atoms. The quantitative estimate of drug-likeness (QED) is 0.704. The van der Waals surface area contributed by atoms with Crippen molar-refractivity contribution in [3.8, 4) is 16.9 Å². The van der Waals surface area contributed by atoms with Crippen molar-refractivity contribution in [2.75, 3.05) is 27.2 Å². The first-order valence-corrected chi connectivity index (χ1v) is 8.16. The highest BCUT2D eigenvalue weighted by Gasteiger charge is 2.08. The van der Waals surface area contributed by atoms with Gasteiger partial charge >= 0.3 is 0 Å². The van der Waals surface area contributed by atoms with Gasteiger partial charge in [-0.1, -0.05) is 43.3 Å². The molecule has 0 saturated heterocycles. The lowest BCUT2D eigenvalue weighted by Gasteiger charge is -2.14. The molecule has 0 radical (unpaired) electrons. The van der Waals surface area contributed by atoms with Gasteiger partial charge in [0.25, 0.3) is 0 Å². The van der Waals surface area contributed by atoms with Gasteiger partial charge in [-0.2, -0.15) is 0 Å². The number of rotatable bonds is 8. The van der Waals surface area contributed by atoms with Crippen molar-refractivity contribution >= 4 is 0 Å². The summed E-state index contributed by atoms with van der Waals surface area (Å²) in [5.41, 5.74) is 3.81. The number of hydrogen-bond acceptors (Lipinski definition) is 2. The summed E-state index contributed by atoms with van der Waals surface area (Å²) in [5, 5.41) is 0. The Morgan fingerprint density at radius 1 is 1.00 bits per heavy atom. The summed E-state index contributed by atoms with van der Waals surface area (Å²) in [6.07, 6.45) is 3.31. The molecular formula is C20H27NO. The zero-order valence-corrected chi connectivity index (χ0v) is 14.0. The van der Waals surface area contributed by atoms with Crippen LogP contribution in [0.3, 0.4) is 0 Å². The predicted octanol–water partition coefficient (Wildman–Crippen LogP) is 4.64. The van der Waals surface area contributed by atoms with E-state index in [1.807, 2.05) is 0 Å². The van der Waals surface area contributed by atoms with Gasteiger partial charge in [-0.3, -0.25) is 0 Å². The normalized spacial score (nSPS) is 10.9. The first-order chi connectivity index (χ1) is 10.7. The van der Waals surface area contributed by atoms with Crippen molar-refractivity contribution in [3.63, 3.8) is 0 Å². The minimum absolute atomic E-state index is 0.764. The van der Waals surface area contributed by atoms with E-state index in [-0.39, 0.29) is 0 Å². The smallest absolute Gasteiger partial charge is 0.127 e. The fraction of sp³-hybridized carbons (Fsp3) is 0.400. The van der Waals surface area contributed by atoms with Crippen LogP contribution in [0.5, 0.6) is 5.75 Å². The molecule has 0 saturated carbocycles. The van der Waals surface area contributed by atoms with Crippen molar-refractivity contribution in [2.45, 2.75) is 26.2 Å². The molecule has 0 aliphatic rings. The molecule has 2 rings (SSSR count). The average molecular weight is 297 g/mol. The molecule has 0 spiro atoms. The van der Waals surface area contributed by atoms with Crippen molar-refractivity contribution in [3.05, 3.63) is 54.1 Å². The first-order valence-electron chi connectivity index (χ1n) is 8.16. The second-order valence-corrected chi connectivity index (χ2v) is 5.95. The molecule has 0 unspecified atom stereocenters. The molecule has 0 atom stereocenters. The molecule has 2 nitrogen and oxygen atoms in total. The monoisotopic (exact) mass is 297 g/mol. The Kier molecular flexibility index (Phi) is 6.47.